The van der Waals surface area contributed by atoms with Crippen LogP contribution in [0.5, 0.6) is 0 Å². The number of amidine groups is 1. The zero-order valence-electron chi connectivity index (χ0n) is 12.0. The maximum atomic E-state index is 4.59. The largest absolute Gasteiger partial charge is 0.368 e. The number of halogens is 1. The van der Waals surface area contributed by atoms with Crippen molar-refractivity contribution in [3.05, 3.63) is 52.3 Å². The van der Waals surface area contributed by atoms with E-state index in [4.69, 9.17) is 0 Å². The molecule has 2 aromatic heterocycles. The van der Waals surface area contributed by atoms with Crippen LogP contribution in [0.1, 0.15) is 11.4 Å². The van der Waals surface area contributed by atoms with Gasteiger partial charge in [0.05, 0.1) is 17.8 Å². The van der Waals surface area contributed by atoms with E-state index >= 15 is 0 Å². The van der Waals surface area contributed by atoms with Gasteiger partial charge < -0.3 is 5.32 Å². The van der Waals surface area contributed by atoms with E-state index in [0.29, 0.717) is 0 Å². The molecule has 1 aliphatic heterocycles. The number of aryl methyl sites for hydroxylation is 1. The van der Waals surface area contributed by atoms with Crippen LogP contribution in [-0.4, -0.2) is 33.5 Å². The van der Waals surface area contributed by atoms with Crippen LogP contribution in [0.2, 0.25) is 0 Å². The van der Waals surface area contributed by atoms with Crippen LogP contribution in [0.3, 0.4) is 0 Å². The van der Waals surface area contributed by atoms with Gasteiger partial charge in [-0.3, -0.25) is 4.99 Å². The second-order valence-electron chi connectivity index (χ2n) is 5.19. The minimum absolute atomic E-state index is 0.752. The Bertz CT molecular complexity index is 897. The van der Waals surface area contributed by atoms with Crippen LogP contribution < -0.4 is 5.32 Å². The molecule has 0 amide bonds. The zero-order valence-corrected chi connectivity index (χ0v) is 13.6. The first kappa shape index (κ1) is 13.5. The second kappa shape index (κ2) is 5.21. The number of rotatable bonds is 2. The molecule has 22 heavy (non-hydrogen) atoms. The second-order valence-corrected chi connectivity index (χ2v) is 6.11. The van der Waals surface area contributed by atoms with Crippen molar-refractivity contribution in [2.45, 2.75) is 6.92 Å². The lowest BCUT2D eigenvalue weighted by Crippen LogP contribution is -2.20. The minimum atomic E-state index is 0.752. The van der Waals surface area contributed by atoms with Crippen LogP contribution in [0.4, 0.5) is 0 Å². The summed E-state index contributed by atoms with van der Waals surface area (Å²) in [5, 5.41) is 7.86. The third-order valence-corrected chi connectivity index (χ3v) is 4.13. The van der Waals surface area contributed by atoms with Crippen molar-refractivity contribution in [1.82, 2.24) is 19.9 Å². The molecule has 4 rings (SSSR count). The maximum Gasteiger partial charge on any atom is 0.167 e. The number of pyridine rings is 1. The molecule has 0 spiro atoms. The lowest BCUT2D eigenvalue weighted by atomic mass is 10.1. The highest BCUT2D eigenvalue weighted by Gasteiger charge is 2.17. The average molecular weight is 356 g/mol. The molecule has 3 heterocycles. The van der Waals surface area contributed by atoms with E-state index in [-0.39, 0.29) is 0 Å². The van der Waals surface area contributed by atoms with Crippen LogP contribution in [0.25, 0.3) is 16.9 Å². The number of fused-ring (bicyclic) bond motifs is 1. The van der Waals surface area contributed by atoms with Crippen LogP contribution in [-0.2, 0) is 0 Å². The maximum absolute atomic E-state index is 4.59. The first-order chi connectivity index (χ1) is 10.7. The topological polar surface area (TPSA) is 54.6 Å². The van der Waals surface area contributed by atoms with Gasteiger partial charge in [-0.15, -0.1) is 0 Å². The number of hydrogen-bond donors (Lipinski definition) is 1. The number of benzene rings is 1. The van der Waals surface area contributed by atoms with E-state index in [9.17, 15) is 0 Å². The Kier molecular flexibility index (Phi) is 3.18. The van der Waals surface area contributed by atoms with Gasteiger partial charge in [0.1, 0.15) is 11.7 Å². The number of aliphatic imine (C=N–C) groups is 1. The molecule has 5 nitrogen and oxygen atoms in total. The monoisotopic (exact) mass is 355 g/mol. The minimum Gasteiger partial charge on any atom is -0.368 e. The molecular formula is C16H14BrN5. The van der Waals surface area contributed by atoms with Gasteiger partial charge in [-0.25, -0.2) is 9.50 Å². The summed E-state index contributed by atoms with van der Waals surface area (Å²) in [5.74, 6) is 1.65. The van der Waals surface area contributed by atoms with Gasteiger partial charge in [0.25, 0.3) is 0 Å². The SMILES string of the molecule is Cc1nc2c(C3=NCCN3)ccc(-c3cccc(Br)c3)n2n1. The highest BCUT2D eigenvalue weighted by Crippen LogP contribution is 2.25. The molecule has 0 radical (unpaired) electrons. The predicted molar refractivity (Wildman–Crippen MR) is 90.3 cm³/mol. The van der Waals surface area contributed by atoms with E-state index in [1.165, 1.54) is 0 Å². The van der Waals surface area contributed by atoms with Gasteiger partial charge in [-0.2, -0.15) is 5.10 Å². The normalized spacial score (nSPS) is 14.2. The number of hydrogen-bond acceptors (Lipinski definition) is 4. The van der Waals surface area contributed by atoms with Crippen molar-refractivity contribution in [2.24, 2.45) is 4.99 Å². The summed E-state index contributed by atoms with van der Waals surface area (Å²) in [7, 11) is 0. The highest BCUT2D eigenvalue weighted by molar-refractivity contribution is 9.10. The molecule has 1 aromatic carbocycles. The fourth-order valence-corrected chi connectivity index (χ4v) is 3.09. The molecule has 6 heteroatoms. The summed E-state index contributed by atoms with van der Waals surface area (Å²) in [6, 6.07) is 12.3. The number of nitrogens with one attached hydrogen (secondary N) is 1. The fourth-order valence-electron chi connectivity index (χ4n) is 2.69. The van der Waals surface area contributed by atoms with Gasteiger partial charge in [-0.05, 0) is 31.2 Å². The molecule has 0 atom stereocenters. The third kappa shape index (κ3) is 2.20. The molecule has 0 aliphatic carbocycles. The molecule has 3 aromatic rings. The lowest BCUT2D eigenvalue weighted by Gasteiger charge is -2.09. The molecule has 0 bridgehead atoms. The Balaban J connectivity index is 1.96. The van der Waals surface area contributed by atoms with Crippen LogP contribution in [0.15, 0.2) is 45.9 Å². The van der Waals surface area contributed by atoms with Crippen molar-refractivity contribution in [3.63, 3.8) is 0 Å². The van der Waals surface area contributed by atoms with E-state index in [1.807, 2.05) is 23.6 Å². The first-order valence-corrected chi connectivity index (χ1v) is 7.93. The Labute approximate surface area is 136 Å². The quantitative estimate of drug-likeness (QED) is 0.768. The van der Waals surface area contributed by atoms with Crippen molar-refractivity contribution in [2.75, 3.05) is 13.1 Å². The van der Waals surface area contributed by atoms with Gasteiger partial charge in [0.15, 0.2) is 5.65 Å². The Morgan fingerprint density at radius 3 is 2.91 bits per heavy atom. The zero-order chi connectivity index (χ0) is 15.1. The number of nitrogens with zero attached hydrogens (tertiary/aromatic N) is 4. The van der Waals surface area contributed by atoms with E-state index < -0.39 is 0 Å². The Morgan fingerprint density at radius 2 is 2.14 bits per heavy atom. The molecule has 0 unspecified atom stereocenters. The van der Waals surface area contributed by atoms with Gasteiger partial charge in [-0.1, -0.05) is 28.1 Å². The molecule has 110 valence electrons. The summed E-state index contributed by atoms with van der Waals surface area (Å²) in [4.78, 5) is 9.08. The molecule has 1 N–H and O–H groups in total. The highest BCUT2D eigenvalue weighted by atomic mass is 79.9. The lowest BCUT2D eigenvalue weighted by molar-refractivity contribution is 0.935. The van der Waals surface area contributed by atoms with Crippen LogP contribution in [0, 0.1) is 6.92 Å². The number of aromatic nitrogens is 3. The first-order valence-electron chi connectivity index (χ1n) is 7.13. The summed E-state index contributed by atoms with van der Waals surface area (Å²) in [5.41, 5.74) is 3.94. The smallest absolute Gasteiger partial charge is 0.167 e. The summed E-state index contributed by atoms with van der Waals surface area (Å²) in [6.07, 6.45) is 0. The third-order valence-electron chi connectivity index (χ3n) is 3.64. The summed E-state index contributed by atoms with van der Waals surface area (Å²) in [6.45, 7) is 3.59. The molecule has 0 fully saturated rings. The van der Waals surface area contributed by atoms with Gasteiger partial charge in [0.2, 0.25) is 0 Å². The summed E-state index contributed by atoms with van der Waals surface area (Å²) >= 11 is 3.52. The van der Waals surface area contributed by atoms with Gasteiger partial charge >= 0.3 is 0 Å². The molecular weight excluding hydrogens is 342 g/mol. The van der Waals surface area contributed by atoms with Crippen LogP contribution >= 0.6 is 15.9 Å². The molecule has 0 saturated heterocycles. The summed E-state index contributed by atoms with van der Waals surface area (Å²) < 4.78 is 2.94. The molecule has 0 saturated carbocycles. The van der Waals surface area contributed by atoms with E-state index in [1.54, 1.807) is 0 Å². The van der Waals surface area contributed by atoms with E-state index in [2.05, 4.69) is 60.6 Å². The standard InChI is InChI=1S/C16H14BrN5/c1-10-20-16-13(15-18-7-8-19-15)5-6-14(22(16)21-10)11-3-2-4-12(17)9-11/h2-6,9H,7-8H2,1H3,(H,18,19). The van der Waals surface area contributed by atoms with Gasteiger partial charge in [0, 0.05) is 16.6 Å². The molecule has 1 aliphatic rings. The predicted octanol–water partition coefficient (Wildman–Crippen LogP) is 2.82. The van der Waals surface area contributed by atoms with Crippen molar-refractivity contribution < 1.29 is 0 Å². The average Bonchev–Trinajstić information content (AvgIpc) is 3.14. The Morgan fingerprint density at radius 1 is 1.23 bits per heavy atom. The van der Waals surface area contributed by atoms with E-state index in [0.717, 1.165) is 51.7 Å². The van der Waals surface area contributed by atoms with Crippen molar-refractivity contribution in [1.29, 1.82) is 0 Å². The fraction of sp³-hybridized carbons (Fsp3) is 0.188. The Hall–Kier alpha value is -2.21. The van der Waals surface area contributed by atoms with Crippen molar-refractivity contribution >= 4 is 27.4 Å². The van der Waals surface area contributed by atoms with Crippen molar-refractivity contribution in [3.8, 4) is 11.3 Å².